The van der Waals surface area contributed by atoms with Gasteiger partial charge in [-0.2, -0.15) is 0 Å². The predicted molar refractivity (Wildman–Crippen MR) is 201 cm³/mol. The van der Waals surface area contributed by atoms with Crippen LogP contribution >= 0.6 is 23.2 Å². The lowest BCUT2D eigenvalue weighted by atomic mass is 9.81. The Morgan fingerprint density at radius 2 is 1.31 bits per heavy atom. The molecule has 0 atom stereocenters. The molecule has 2 aromatic heterocycles. The molecule has 2 N–H and O–H groups in total. The molecule has 12 heteroatoms. The van der Waals surface area contributed by atoms with E-state index < -0.39 is 0 Å². The van der Waals surface area contributed by atoms with Crippen molar-refractivity contribution in [3.05, 3.63) is 80.9 Å². The van der Waals surface area contributed by atoms with Crippen LogP contribution in [0.5, 0.6) is 0 Å². The van der Waals surface area contributed by atoms with Crippen molar-refractivity contribution in [1.82, 2.24) is 28.9 Å². The van der Waals surface area contributed by atoms with E-state index in [1.807, 2.05) is 47.5 Å². The Bertz CT molecular complexity index is 2010. The maximum atomic E-state index is 13.7. The number of halogens is 2. The van der Waals surface area contributed by atoms with Crippen molar-refractivity contribution in [2.75, 3.05) is 36.8 Å². The molecule has 4 aliphatic rings. The molecule has 10 nitrogen and oxygen atoms in total. The Kier molecular flexibility index (Phi) is 9.23. The van der Waals surface area contributed by atoms with E-state index in [0.29, 0.717) is 49.6 Å². The van der Waals surface area contributed by atoms with Crippen molar-refractivity contribution in [3.63, 3.8) is 0 Å². The number of aromatic nitrogens is 4. The van der Waals surface area contributed by atoms with E-state index in [1.165, 1.54) is 38.5 Å². The van der Waals surface area contributed by atoms with Crippen LogP contribution in [0.4, 0.5) is 11.4 Å². The number of imidazole rings is 2. The fourth-order valence-corrected chi connectivity index (χ4v) is 9.67. The summed E-state index contributed by atoms with van der Waals surface area (Å²) in [5, 5.41) is 6.66. The van der Waals surface area contributed by atoms with Gasteiger partial charge in [-0.25, -0.2) is 9.97 Å². The summed E-state index contributed by atoms with van der Waals surface area (Å²) in [7, 11) is 3.80. The molecule has 51 heavy (non-hydrogen) atoms. The number of benzene rings is 2. The highest BCUT2D eigenvalue weighted by molar-refractivity contribution is 6.40. The number of rotatable bonds is 9. The molecule has 268 valence electrons. The minimum absolute atomic E-state index is 0.314. The molecule has 0 spiro atoms. The third-order valence-corrected chi connectivity index (χ3v) is 13.0. The average Bonchev–Trinajstić information content (AvgIpc) is 3.91. The Hall–Kier alpha value is -3.70. The van der Waals surface area contributed by atoms with Gasteiger partial charge in [0.05, 0.1) is 32.8 Å². The lowest BCUT2D eigenvalue weighted by Gasteiger charge is -2.32. The second kappa shape index (κ2) is 13.7. The van der Waals surface area contributed by atoms with Gasteiger partial charge in [0.2, 0.25) is 0 Å². The maximum absolute atomic E-state index is 13.7. The molecular weight excluding hydrogens is 683 g/mol. The Labute approximate surface area is 309 Å². The summed E-state index contributed by atoms with van der Waals surface area (Å²) in [6.45, 7) is 7.62. The van der Waals surface area contributed by atoms with Gasteiger partial charge in [0.25, 0.3) is 11.8 Å². The second-order valence-corrected chi connectivity index (χ2v) is 15.8. The summed E-state index contributed by atoms with van der Waals surface area (Å²) in [5.41, 5.74) is 6.87. The van der Waals surface area contributed by atoms with Gasteiger partial charge in [0.15, 0.2) is 11.6 Å². The predicted octanol–water partition coefficient (Wildman–Crippen LogP) is 7.34. The standard InChI is InChI=1S/C39H46Cl2N8O2/c1-4-48-18-13-31-29(22-48)42-35(46(31)2)37(50)44-27-9-5-7-25(33(27)40)26-8-6-10-28(34(26)41)45-38(51)36-43-30-23-49(19-14-32(30)47(36)3)20-17-39-15-11-24(21-39)12-16-39/h5-10,24H,4,11-23H2,1-3H3,(H,44,50)(H,45,51). The first kappa shape index (κ1) is 34.4. The number of carbonyl (C=O) groups excluding carboxylic acids is 2. The van der Waals surface area contributed by atoms with Crippen LogP contribution in [0.2, 0.25) is 10.0 Å². The van der Waals surface area contributed by atoms with Crippen molar-refractivity contribution in [2.24, 2.45) is 25.4 Å². The SMILES string of the molecule is CCN1CCc2c(nc(C(=O)Nc3cccc(-c4cccc(NC(=O)c5nc6c(n5C)CCN(CCC57CCC(CC5)C7)C6)c4Cl)c3Cl)n2C)C1. The van der Waals surface area contributed by atoms with Gasteiger partial charge < -0.3 is 19.8 Å². The summed E-state index contributed by atoms with van der Waals surface area (Å²) >= 11 is 13.9. The number of amides is 2. The number of hydrogen-bond donors (Lipinski definition) is 2. The van der Waals surface area contributed by atoms with Crippen LogP contribution in [0.1, 0.15) is 89.5 Å². The molecule has 4 heterocycles. The van der Waals surface area contributed by atoms with Gasteiger partial charge in [0, 0.05) is 75.6 Å². The third-order valence-electron chi connectivity index (χ3n) is 12.2. The Morgan fingerprint density at radius 1 is 0.804 bits per heavy atom. The molecule has 2 amide bonds. The van der Waals surface area contributed by atoms with Crippen molar-refractivity contribution in [1.29, 1.82) is 0 Å². The highest BCUT2D eigenvalue weighted by atomic mass is 35.5. The largest absolute Gasteiger partial charge is 0.327 e. The number of hydrogen-bond acceptors (Lipinski definition) is 6. The zero-order chi connectivity index (χ0) is 35.4. The molecule has 2 bridgehead atoms. The van der Waals surface area contributed by atoms with E-state index in [2.05, 4.69) is 32.3 Å². The fourth-order valence-electron chi connectivity index (χ4n) is 9.12. The van der Waals surface area contributed by atoms with Gasteiger partial charge in [-0.1, -0.05) is 54.4 Å². The molecule has 2 aliphatic heterocycles. The van der Waals surface area contributed by atoms with Gasteiger partial charge >= 0.3 is 0 Å². The zero-order valence-electron chi connectivity index (χ0n) is 29.7. The number of nitrogens with zero attached hydrogens (tertiary/aromatic N) is 6. The number of fused-ring (bicyclic) bond motifs is 4. The first-order chi connectivity index (χ1) is 24.6. The quantitative estimate of drug-likeness (QED) is 0.187. The van der Waals surface area contributed by atoms with Crippen molar-refractivity contribution >= 4 is 46.4 Å². The number of carbonyl (C=O) groups is 2. The van der Waals surface area contributed by atoms with E-state index in [1.54, 1.807) is 12.1 Å². The summed E-state index contributed by atoms with van der Waals surface area (Å²) in [4.78, 5) is 41.5. The van der Waals surface area contributed by atoms with E-state index in [-0.39, 0.29) is 11.8 Å². The monoisotopic (exact) mass is 728 g/mol. The highest BCUT2D eigenvalue weighted by Crippen LogP contribution is 2.56. The molecule has 2 fully saturated rings. The van der Waals surface area contributed by atoms with Crippen LogP contribution < -0.4 is 10.6 Å². The molecule has 2 aliphatic carbocycles. The number of anilines is 2. The van der Waals surface area contributed by atoms with Crippen LogP contribution in [-0.2, 0) is 40.0 Å². The fraction of sp³-hybridized carbons (Fsp3) is 0.487. The Morgan fingerprint density at radius 3 is 1.80 bits per heavy atom. The summed E-state index contributed by atoms with van der Waals surface area (Å²) in [5.74, 6) is 1.04. The van der Waals surface area contributed by atoms with Gasteiger partial charge in [-0.3, -0.25) is 19.4 Å². The summed E-state index contributed by atoms with van der Waals surface area (Å²) in [6.07, 6.45) is 10.1. The third kappa shape index (κ3) is 6.38. The van der Waals surface area contributed by atoms with E-state index in [9.17, 15) is 9.59 Å². The van der Waals surface area contributed by atoms with Crippen molar-refractivity contribution < 1.29 is 9.59 Å². The summed E-state index contributed by atoms with van der Waals surface area (Å²) < 4.78 is 3.81. The molecule has 0 unspecified atom stereocenters. The lowest BCUT2D eigenvalue weighted by molar-refractivity contribution is 0.100. The molecule has 0 saturated heterocycles. The van der Waals surface area contributed by atoms with Gasteiger partial charge in [0.1, 0.15) is 0 Å². The highest BCUT2D eigenvalue weighted by Gasteiger charge is 2.44. The second-order valence-electron chi connectivity index (χ2n) is 15.1. The topological polar surface area (TPSA) is 100 Å². The van der Waals surface area contributed by atoms with Crippen molar-refractivity contribution in [3.8, 4) is 11.1 Å². The Balaban J connectivity index is 0.963. The molecule has 0 radical (unpaired) electrons. The molecular formula is C39H46Cl2N8O2. The molecule has 2 aromatic carbocycles. The first-order valence-electron chi connectivity index (χ1n) is 18.4. The molecule has 4 aromatic rings. The van der Waals surface area contributed by atoms with Crippen molar-refractivity contribution in [2.45, 2.75) is 71.4 Å². The average molecular weight is 730 g/mol. The van der Waals surface area contributed by atoms with E-state index >= 15 is 0 Å². The normalized spacial score (nSPS) is 21.5. The minimum atomic E-state index is -0.331. The number of likely N-dealkylation sites (N-methyl/N-ethyl adjacent to an activating group) is 1. The van der Waals surface area contributed by atoms with Crippen LogP contribution in [0.25, 0.3) is 11.1 Å². The van der Waals surface area contributed by atoms with Crippen LogP contribution in [0.3, 0.4) is 0 Å². The van der Waals surface area contributed by atoms with Gasteiger partial charge in [-0.05, 0) is 75.1 Å². The van der Waals surface area contributed by atoms with Gasteiger partial charge in [-0.15, -0.1) is 0 Å². The first-order valence-corrected chi connectivity index (χ1v) is 19.1. The smallest absolute Gasteiger partial charge is 0.291 e. The number of nitrogens with one attached hydrogen (secondary N) is 2. The molecule has 2 saturated carbocycles. The van der Waals surface area contributed by atoms with E-state index in [0.717, 1.165) is 80.8 Å². The maximum Gasteiger partial charge on any atom is 0.291 e. The van der Waals surface area contributed by atoms with Crippen LogP contribution in [-0.4, -0.2) is 66.9 Å². The summed E-state index contributed by atoms with van der Waals surface area (Å²) in [6, 6.07) is 10.9. The van der Waals surface area contributed by atoms with Crippen LogP contribution in [0, 0.1) is 11.3 Å². The zero-order valence-corrected chi connectivity index (χ0v) is 31.2. The lowest BCUT2D eigenvalue weighted by Crippen LogP contribution is -2.34. The van der Waals surface area contributed by atoms with Crippen LogP contribution in [0.15, 0.2) is 36.4 Å². The molecule has 8 rings (SSSR count). The van der Waals surface area contributed by atoms with E-state index in [4.69, 9.17) is 28.2 Å². The minimum Gasteiger partial charge on any atom is -0.327 e.